The van der Waals surface area contributed by atoms with Crippen LogP contribution in [0, 0.1) is 18.7 Å². The van der Waals surface area contributed by atoms with Gasteiger partial charge in [0.25, 0.3) is 5.91 Å². The number of esters is 1. The van der Waals surface area contributed by atoms with Crippen LogP contribution in [0.3, 0.4) is 0 Å². The zero-order chi connectivity index (χ0) is 24.1. The first-order valence-corrected chi connectivity index (χ1v) is 10.7. The lowest BCUT2D eigenvalue weighted by atomic mass is 10.1. The maximum atomic E-state index is 12.9. The maximum Gasteiger partial charge on any atom is 0.311 e. The number of anilines is 2. The second-order valence-corrected chi connectivity index (χ2v) is 7.98. The van der Waals surface area contributed by atoms with Crippen molar-refractivity contribution < 1.29 is 28.2 Å². The number of nitrogens with one attached hydrogen (secondary N) is 1. The van der Waals surface area contributed by atoms with Crippen LogP contribution in [0.4, 0.5) is 15.8 Å². The lowest BCUT2D eigenvalue weighted by Gasteiger charge is -2.17. The van der Waals surface area contributed by atoms with Gasteiger partial charge in [-0.1, -0.05) is 17.7 Å². The highest BCUT2D eigenvalue weighted by Gasteiger charge is 2.36. The minimum Gasteiger partial charge on any atom is -0.457 e. The molecule has 34 heavy (non-hydrogen) atoms. The average molecular weight is 462 g/mol. The molecule has 0 saturated carbocycles. The molecule has 0 aliphatic carbocycles. The molecule has 0 aromatic heterocycles. The van der Waals surface area contributed by atoms with Gasteiger partial charge in [0.1, 0.15) is 17.3 Å². The van der Waals surface area contributed by atoms with Crippen molar-refractivity contribution >= 4 is 29.2 Å². The number of carbonyl (C=O) groups excluding carboxylic acids is 3. The van der Waals surface area contributed by atoms with Gasteiger partial charge in [-0.15, -0.1) is 0 Å². The smallest absolute Gasteiger partial charge is 0.311 e. The predicted molar refractivity (Wildman–Crippen MR) is 124 cm³/mol. The number of benzene rings is 3. The van der Waals surface area contributed by atoms with Crippen LogP contribution in [-0.2, 0) is 19.1 Å². The van der Waals surface area contributed by atoms with Gasteiger partial charge < -0.3 is 19.7 Å². The van der Waals surface area contributed by atoms with E-state index in [1.807, 2.05) is 31.2 Å². The largest absolute Gasteiger partial charge is 0.457 e. The highest BCUT2D eigenvalue weighted by Crippen LogP contribution is 2.29. The first kappa shape index (κ1) is 23.0. The summed E-state index contributed by atoms with van der Waals surface area (Å²) in [5.74, 6) is -1.13. The summed E-state index contributed by atoms with van der Waals surface area (Å²) in [5.41, 5.74) is 2.17. The summed E-state index contributed by atoms with van der Waals surface area (Å²) >= 11 is 0. The Morgan fingerprint density at radius 1 is 0.971 bits per heavy atom. The Hall–Kier alpha value is -4.20. The normalized spacial score (nSPS) is 15.2. The molecule has 1 atom stereocenters. The van der Waals surface area contributed by atoms with Crippen molar-refractivity contribution in [3.63, 3.8) is 0 Å². The summed E-state index contributed by atoms with van der Waals surface area (Å²) in [5, 5.41) is 2.51. The van der Waals surface area contributed by atoms with Gasteiger partial charge in [-0.05, 0) is 67.6 Å². The molecule has 1 aliphatic rings. The van der Waals surface area contributed by atoms with Gasteiger partial charge >= 0.3 is 5.97 Å². The predicted octanol–water partition coefficient (Wildman–Crippen LogP) is 4.46. The van der Waals surface area contributed by atoms with Crippen LogP contribution in [0.2, 0.25) is 0 Å². The quantitative estimate of drug-likeness (QED) is 0.524. The summed E-state index contributed by atoms with van der Waals surface area (Å²) in [7, 11) is 0. The van der Waals surface area contributed by atoms with Crippen molar-refractivity contribution in [2.24, 2.45) is 5.92 Å². The molecule has 4 rings (SSSR count). The first-order chi connectivity index (χ1) is 16.4. The minimum absolute atomic E-state index is 0.0000321. The van der Waals surface area contributed by atoms with E-state index in [0.717, 1.165) is 5.56 Å². The molecule has 1 saturated heterocycles. The molecule has 174 valence electrons. The van der Waals surface area contributed by atoms with E-state index in [1.54, 1.807) is 24.3 Å². The third-order valence-electron chi connectivity index (χ3n) is 5.34. The number of nitrogens with zero attached hydrogens (tertiary/aromatic N) is 1. The maximum absolute atomic E-state index is 12.9. The molecule has 3 aromatic rings. The van der Waals surface area contributed by atoms with Gasteiger partial charge in [-0.2, -0.15) is 0 Å². The summed E-state index contributed by atoms with van der Waals surface area (Å²) in [6.07, 6.45) is 0.0000321. The lowest BCUT2D eigenvalue weighted by Crippen LogP contribution is -2.28. The third-order valence-corrected chi connectivity index (χ3v) is 5.34. The topological polar surface area (TPSA) is 84.9 Å². The van der Waals surface area contributed by atoms with Crippen molar-refractivity contribution in [1.82, 2.24) is 0 Å². The van der Waals surface area contributed by atoms with E-state index < -0.39 is 30.2 Å². The van der Waals surface area contributed by atoms with Crippen molar-refractivity contribution in [1.29, 1.82) is 0 Å². The van der Waals surface area contributed by atoms with Gasteiger partial charge in [0.2, 0.25) is 5.91 Å². The Balaban J connectivity index is 1.28. The number of rotatable bonds is 7. The molecule has 0 spiro atoms. The number of amides is 2. The molecule has 1 fully saturated rings. The van der Waals surface area contributed by atoms with E-state index in [4.69, 9.17) is 9.47 Å². The monoisotopic (exact) mass is 462 g/mol. The SMILES string of the molecule is Cc1ccc(Oc2ccc(N3C[C@H](C(=O)OCC(=O)Nc4ccc(F)cc4)CC3=O)cc2)cc1. The molecule has 0 bridgehead atoms. The van der Waals surface area contributed by atoms with Crippen LogP contribution in [0.1, 0.15) is 12.0 Å². The standard InChI is InChI=1S/C26H23FN2O5/c1-17-2-10-22(11-3-17)34-23-12-8-21(9-13-23)29-15-18(14-25(29)31)26(32)33-16-24(30)28-20-6-4-19(27)5-7-20/h2-13,18H,14-16H2,1H3,(H,28,30)/t18-/m1/s1. The Kier molecular flexibility index (Phi) is 6.87. The molecular weight excluding hydrogens is 439 g/mol. The number of halogens is 1. The van der Waals surface area contributed by atoms with E-state index >= 15 is 0 Å². The second-order valence-electron chi connectivity index (χ2n) is 7.98. The van der Waals surface area contributed by atoms with Crippen LogP contribution in [0.5, 0.6) is 11.5 Å². The van der Waals surface area contributed by atoms with Crippen molar-refractivity contribution in [2.75, 3.05) is 23.4 Å². The third kappa shape index (κ3) is 5.78. The molecular formula is C26H23FN2O5. The zero-order valence-electron chi connectivity index (χ0n) is 18.5. The van der Waals surface area contributed by atoms with Crippen molar-refractivity contribution in [3.8, 4) is 11.5 Å². The molecule has 7 nitrogen and oxygen atoms in total. The van der Waals surface area contributed by atoms with Crippen LogP contribution in [-0.4, -0.2) is 30.9 Å². The Bertz CT molecular complexity index is 1180. The first-order valence-electron chi connectivity index (χ1n) is 10.7. The molecule has 1 aliphatic heterocycles. The zero-order valence-corrected chi connectivity index (χ0v) is 18.5. The average Bonchev–Trinajstić information content (AvgIpc) is 3.23. The van der Waals surface area contributed by atoms with Gasteiger partial charge in [-0.3, -0.25) is 14.4 Å². The van der Waals surface area contributed by atoms with Crippen LogP contribution >= 0.6 is 0 Å². The van der Waals surface area contributed by atoms with Crippen LogP contribution < -0.4 is 15.0 Å². The van der Waals surface area contributed by atoms with Gasteiger partial charge in [0.15, 0.2) is 6.61 Å². The summed E-state index contributed by atoms with van der Waals surface area (Å²) in [6, 6.07) is 19.9. The van der Waals surface area contributed by atoms with Gasteiger partial charge in [0.05, 0.1) is 5.92 Å². The van der Waals surface area contributed by atoms with E-state index in [9.17, 15) is 18.8 Å². The molecule has 2 amide bonds. The second kappa shape index (κ2) is 10.2. The highest BCUT2D eigenvalue weighted by atomic mass is 19.1. The van der Waals surface area contributed by atoms with E-state index in [1.165, 1.54) is 29.2 Å². The number of aryl methyl sites for hydroxylation is 1. The molecule has 0 unspecified atom stereocenters. The fourth-order valence-corrected chi connectivity index (χ4v) is 3.54. The Morgan fingerprint density at radius 2 is 1.59 bits per heavy atom. The van der Waals surface area contributed by atoms with Gasteiger partial charge in [0, 0.05) is 24.3 Å². The number of hydrogen-bond donors (Lipinski definition) is 1. The van der Waals surface area contributed by atoms with Crippen LogP contribution in [0.15, 0.2) is 72.8 Å². The minimum atomic E-state index is -0.672. The summed E-state index contributed by atoms with van der Waals surface area (Å²) in [6.45, 7) is 1.67. The Morgan fingerprint density at radius 3 is 2.24 bits per heavy atom. The molecule has 0 radical (unpaired) electrons. The van der Waals surface area contributed by atoms with E-state index in [0.29, 0.717) is 22.9 Å². The molecule has 1 N–H and O–H groups in total. The van der Waals surface area contributed by atoms with Gasteiger partial charge in [-0.25, -0.2) is 4.39 Å². The van der Waals surface area contributed by atoms with Crippen molar-refractivity contribution in [3.05, 3.63) is 84.2 Å². The number of ether oxygens (including phenoxy) is 2. The van der Waals surface area contributed by atoms with E-state index in [-0.39, 0.29) is 18.9 Å². The molecule has 1 heterocycles. The lowest BCUT2D eigenvalue weighted by molar-refractivity contribution is -0.151. The summed E-state index contributed by atoms with van der Waals surface area (Å²) in [4.78, 5) is 38.4. The van der Waals surface area contributed by atoms with Crippen LogP contribution in [0.25, 0.3) is 0 Å². The molecule has 3 aromatic carbocycles. The van der Waals surface area contributed by atoms with Crippen molar-refractivity contribution in [2.45, 2.75) is 13.3 Å². The summed E-state index contributed by atoms with van der Waals surface area (Å²) < 4.78 is 23.8. The fourth-order valence-electron chi connectivity index (χ4n) is 3.54. The number of hydrogen-bond acceptors (Lipinski definition) is 5. The number of carbonyl (C=O) groups is 3. The fraction of sp³-hybridized carbons (Fsp3) is 0.192. The van der Waals surface area contributed by atoms with E-state index in [2.05, 4.69) is 5.32 Å². The highest BCUT2D eigenvalue weighted by molar-refractivity contribution is 6.00. The Labute approximate surface area is 196 Å². The molecule has 8 heteroatoms.